The van der Waals surface area contributed by atoms with Gasteiger partial charge in [-0.15, -0.1) is 0 Å². The van der Waals surface area contributed by atoms with Crippen molar-refractivity contribution in [2.45, 2.75) is 18.6 Å². The van der Waals surface area contributed by atoms with Crippen LogP contribution < -0.4 is 0 Å². The highest BCUT2D eigenvalue weighted by Gasteiger charge is 2.35. The average Bonchev–Trinajstić information content (AvgIpc) is 2.21. The maximum atomic E-state index is 12.1. The van der Waals surface area contributed by atoms with Crippen molar-refractivity contribution in [1.29, 1.82) is 0 Å². The Morgan fingerprint density at radius 3 is 2.59 bits per heavy atom. The molecule has 2 heterocycles. The minimum atomic E-state index is -0.773. The number of carboxylic acids is 1. The molecule has 2 fully saturated rings. The topological polar surface area (TPSA) is 60.9 Å². The molecule has 96 valence electrons. The van der Waals surface area contributed by atoms with Gasteiger partial charge in [0.15, 0.2) is 0 Å². The van der Waals surface area contributed by atoms with Crippen LogP contribution >= 0.6 is 11.8 Å². The van der Waals surface area contributed by atoms with Crippen LogP contribution in [0, 0.1) is 5.92 Å². The highest BCUT2D eigenvalue weighted by Crippen LogP contribution is 2.24. The fourth-order valence-corrected chi connectivity index (χ4v) is 3.31. The van der Waals surface area contributed by atoms with Crippen molar-refractivity contribution in [3.63, 3.8) is 0 Å². The number of urea groups is 1. The Morgan fingerprint density at radius 1 is 1.29 bits per heavy atom. The summed E-state index contributed by atoms with van der Waals surface area (Å²) in [6.45, 7) is 4.96. The van der Waals surface area contributed by atoms with E-state index in [1.807, 2.05) is 16.7 Å². The van der Waals surface area contributed by atoms with Gasteiger partial charge in [0.25, 0.3) is 0 Å². The lowest BCUT2D eigenvalue weighted by atomic mass is 9.97. The van der Waals surface area contributed by atoms with E-state index in [0.717, 1.165) is 18.8 Å². The van der Waals surface area contributed by atoms with Gasteiger partial charge in [-0.25, -0.2) is 4.79 Å². The second-order valence-electron chi connectivity index (χ2n) is 4.78. The number of nitrogens with zero attached hydrogens (tertiary/aromatic N) is 2. The van der Waals surface area contributed by atoms with E-state index in [1.54, 1.807) is 4.90 Å². The van der Waals surface area contributed by atoms with Crippen LogP contribution in [0.25, 0.3) is 0 Å². The minimum absolute atomic E-state index is 0.0822. The van der Waals surface area contributed by atoms with Gasteiger partial charge in [0, 0.05) is 43.1 Å². The molecule has 0 aromatic rings. The molecular weight excluding hydrogens is 240 g/mol. The zero-order chi connectivity index (χ0) is 12.4. The standard InChI is InChI=1S/C11H18N2O3S/c1-8-5-12(2-3-17-8)11(16)13-6-9(7-13)4-10(14)15/h8-9H,2-7H2,1H3,(H,14,15). The molecule has 17 heavy (non-hydrogen) atoms. The van der Waals surface area contributed by atoms with E-state index in [2.05, 4.69) is 6.92 Å². The second-order valence-corrected chi connectivity index (χ2v) is 6.33. The summed E-state index contributed by atoms with van der Waals surface area (Å²) in [5.41, 5.74) is 0. The fraction of sp³-hybridized carbons (Fsp3) is 0.818. The minimum Gasteiger partial charge on any atom is -0.481 e. The van der Waals surface area contributed by atoms with Crippen LogP contribution in [0.15, 0.2) is 0 Å². The number of thioether (sulfide) groups is 1. The van der Waals surface area contributed by atoms with Gasteiger partial charge in [0.1, 0.15) is 0 Å². The molecule has 1 N–H and O–H groups in total. The molecule has 0 bridgehead atoms. The van der Waals surface area contributed by atoms with Crippen molar-refractivity contribution in [3.8, 4) is 0 Å². The Morgan fingerprint density at radius 2 is 2.00 bits per heavy atom. The summed E-state index contributed by atoms with van der Waals surface area (Å²) in [6.07, 6.45) is 0.177. The first kappa shape index (κ1) is 12.5. The monoisotopic (exact) mass is 258 g/mol. The number of hydrogen-bond donors (Lipinski definition) is 1. The van der Waals surface area contributed by atoms with Gasteiger partial charge in [-0.1, -0.05) is 6.92 Å². The first-order valence-electron chi connectivity index (χ1n) is 5.93. The predicted molar refractivity (Wildman–Crippen MR) is 66.2 cm³/mol. The van der Waals surface area contributed by atoms with Gasteiger partial charge in [0.2, 0.25) is 0 Å². The molecule has 0 aliphatic carbocycles. The van der Waals surface area contributed by atoms with E-state index in [1.165, 1.54) is 0 Å². The summed E-state index contributed by atoms with van der Waals surface area (Å²) in [6, 6.07) is 0.0822. The molecule has 2 saturated heterocycles. The van der Waals surface area contributed by atoms with Gasteiger partial charge in [0.05, 0.1) is 6.42 Å². The Bertz CT molecular complexity index is 318. The van der Waals surface area contributed by atoms with Crippen LogP contribution in [0.5, 0.6) is 0 Å². The first-order valence-corrected chi connectivity index (χ1v) is 6.98. The molecule has 6 heteroatoms. The van der Waals surface area contributed by atoms with E-state index >= 15 is 0 Å². The predicted octanol–water partition coefficient (Wildman–Crippen LogP) is 0.950. The molecule has 2 amide bonds. The van der Waals surface area contributed by atoms with Gasteiger partial charge in [-0.2, -0.15) is 11.8 Å². The van der Waals surface area contributed by atoms with Crippen LogP contribution in [0.1, 0.15) is 13.3 Å². The van der Waals surface area contributed by atoms with Crippen molar-refractivity contribution in [2.24, 2.45) is 5.92 Å². The number of hydrogen-bond acceptors (Lipinski definition) is 3. The van der Waals surface area contributed by atoms with Crippen LogP contribution in [0.4, 0.5) is 4.79 Å². The summed E-state index contributed by atoms with van der Waals surface area (Å²) in [5, 5.41) is 9.14. The molecule has 0 saturated carbocycles. The molecule has 0 radical (unpaired) electrons. The number of amides is 2. The lowest BCUT2D eigenvalue weighted by Crippen LogP contribution is -2.57. The molecule has 0 aromatic heterocycles. The lowest BCUT2D eigenvalue weighted by molar-refractivity contribution is -0.139. The SMILES string of the molecule is CC1CN(C(=O)N2CC(CC(=O)O)C2)CCS1. The Kier molecular flexibility index (Phi) is 3.81. The number of rotatable bonds is 2. The van der Waals surface area contributed by atoms with Gasteiger partial charge < -0.3 is 14.9 Å². The Balaban J connectivity index is 1.76. The van der Waals surface area contributed by atoms with E-state index in [4.69, 9.17) is 5.11 Å². The van der Waals surface area contributed by atoms with Crippen LogP contribution in [-0.2, 0) is 4.79 Å². The first-order chi connectivity index (χ1) is 8.06. The molecule has 2 aliphatic heterocycles. The number of carboxylic acid groups (broad SMARTS) is 1. The van der Waals surface area contributed by atoms with Crippen molar-refractivity contribution in [3.05, 3.63) is 0 Å². The fourth-order valence-electron chi connectivity index (χ4n) is 2.29. The third-order valence-electron chi connectivity index (χ3n) is 3.20. The summed E-state index contributed by atoms with van der Waals surface area (Å²) >= 11 is 1.90. The smallest absolute Gasteiger partial charge is 0.320 e. The molecule has 1 atom stereocenters. The maximum Gasteiger partial charge on any atom is 0.320 e. The molecule has 1 unspecified atom stereocenters. The summed E-state index contributed by atoms with van der Waals surface area (Å²) in [5.74, 6) is 0.373. The van der Waals surface area contributed by atoms with Crippen molar-refractivity contribution in [2.75, 3.05) is 31.9 Å². The quantitative estimate of drug-likeness (QED) is 0.801. The van der Waals surface area contributed by atoms with Crippen LogP contribution in [-0.4, -0.2) is 64.1 Å². The van der Waals surface area contributed by atoms with Crippen LogP contribution in [0.3, 0.4) is 0 Å². The van der Waals surface area contributed by atoms with Gasteiger partial charge in [-0.05, 0) is 0 Å². The maximum absolute atomic E-state index is 12.1. The Labute approximate surface area is 105 Å². The van der Waals surface area contributed by atoms with E-state index in [-0.39, 0.29) is 18.4 Å². The van der Waals surface area contributed by atoms with Crippen molar-refractivity contribution >= 4 is 23.8 Å². The Hall–Kier alpha value is -0.910. The number of likely N-dealkylation sites (tertiary alicyclic amines) is 1. The largest absolute Gasteiger partial charge is 0.481 e. The van der Waals surface area contributed by atoms with E-state index in [9.17, 15) is 9.59 Å². The lowest BCUT2D eigenvalue weighted by Gasteiger charge is -2.43. The van der Waals surface area contributed by atoms with E-state index in [0.29, 0.717) is 18.3 Å². The number of carbonyl (C=O) groups excluding carboxylic acids is 1. The molecule has 5 nitrogen and oxygen atoms in total. The zero-order valence-corrected chi connectivity index (χ0v) is 10.8. The van der Waals surface area contributed by atoms with Crippen LogP contribution in [0.2, 0.25) is 0 Å². The third kappa shape index (κ3) is 3.06. The highest BCUT2D eigenvalue weighted by atomic mass is 32.2. The van der Waals surface area contributed by atoms with Gasteiger partial charge in [-0.3, -0.25) is 4.79 Å². The van der Waals surface area contributed by atoms with Gasteiger partial charge >= 0.3 is 12.0 Å². The number of carbonyl (C=O) groups is 2. The highest BCUT2D eigenvalue weighted by molar-refractivity contribution is 7.99. The van der Waals surface area contributed by atoms with Crippen molar-refractivity contribution < 1.29 is 14.7 Å². The second kappa shape index (κ2) is 5.16. The normalized spacial score (nSPS) is 25.6. The molecular formula is C11H18N2O3S. The average molecular weight is 258 g/mol. The molecule has 2 rings (SSSR count). The van der Waals surface area contributed by atoms with E-state index < -0.39 is 5.97 Å². The molecule has 2 aliphatic rings. The van der Waals surface area contributed by atoms with Crippen molar-refractivity contribution in [1.82, 2.24) is 9.80 Å². The summed E-state index contributed by atoms with van der Waals surface area (Å²) in [7, 11) is 0. The molecule has 0 aromatic carbocycles. The molecule has 0 spiro atoms. The summed E-state index contributed by atoms with van der Waals surface area (Å²) in [4.78, 5) is 26.2. The third-order valence-corrected chi connectivity index (χ3v) is 4.34. The zero-order valence-electron chi connectivity index (χ0n) is 9.96. The summed E-state index contributed by atoms with van der Waals surface area (Å²) < 4.78 is 0. The number of aliphatic carboxylic acids is 1.